The Labute approximate surface area is 211 Å². The van der Waals surface area contributed by atoms with Crippen molar-refractivity contribution < 1.29 is 9.59 Å². The second-order valence-corrected chi connectivity index (χ2v) is 10.9. The standard InChI is InChI=1S/C27H31Cl2N3O2/c28-19-7-5-6-18(14-19)16-27(22-11-10-20(29)15-23(22)32-25(27)34)26(12-3-4-13-26)30-17-24(33)31-21-8-1-2-9-21/h5-7,10-11,14-15,21,30H,1-4,8-9,12-13,16-17H2,(H,31,33)(H,32,34). The van der Waals surface area contributed by atoms with Crippen LogP contribution in [0.3, 0.4) is 0 Å². The zero-order valence-electron chi connectivity index (χ0n) is 19.3. The van der Waals surface area contributed by atoms with E-state index in [1.165, 1.54) is 12.8 Å². The van der Waals surface area contributed by atoms with E-state index in [4.69, 9.17) is 23.2 Å². The molecule has 2 saturated carbocycles. The molecular weight excluding hydrogens is 469 g/mol. The Morgan fingerprint density at radius 2 is 1.74 bits per heavy atom. The number of fused-ring (bicyclic) bond motifs is 1. The molecule has 0 aromatic heterocycles. The van der Waals surface area contributed by atoms with Gasteiger partial charge < -0.3 is 16.0 Å². The molecule has 2 fully saturated rings. The lowest BCUT2D eigenvalue weighted by molar-refractivity contribution is -0.126. The molecule has 1 atom stereocenters. The van der Waals surface area contributed by atoms with E-state index in [-0.39, 0.29) is 24.4 Å². The third-order valence-corrected chi connectivity index (χ3v) is 8.49. The number of carbonyl (C=O) groups is 2. The van der Waals surface area contributed by atoms with Crippen LogP contribution in [0.5, 0.6) is 0 Å². The largest absolute Gasteiger partial charge is 0.352 e. The minimum atomic E-state index is -0.873. The topological polar surface area (TPSA) is 70.2 Å². The third kappa shape index (κ3) is 4.23. The summed E-state index contributed by atoms with van der Waals surface area (Å²) >= 11 is 12.6. The molecule has 0 spiro atoms. The molecule has 1 aliphatic heterocycles. The minimum absolute atomic E-state index is 0.00538. The van der Waals surface area contributed by atoms with Gasteiger partial charge in [-0.1, -0.05) is 67.1 Å². The lowest BCUT2D eigenvalue weighted by Gasteiger charge is -2.46. The third-order valence-electron chi connectivity index (χ3n) is 8.02. The maximum atomic E-state index is 13.9. The number of hydrogen-bond acceptors (Lipinski definition) is 3. The van der Waals surface area contributed by atoms with Gasteiger partial charge in [-0.3, -0.25) is 9.59 Å². The van der Waals surface area contributed by atoms with Crippen molar-refractivity contribution in [2.45, 2.75) is 74.8 Å². The second-order valence-electron chi connectivity index (χ2n) is 10.0. The summed E-state index contributed by atoms with van der Waals surface area (Å²) in [5.74, 6) is -0.0406. The van der Waals surface area contributed by atoms with Gasteiger partial charge in [0, 0.05) is 27.3 Å². The van der Waals surface area contributed by atoms with Crippen LogP contribution in [0.25, 0.3) is 0 Å². The SMILES string of the molecule is O=C(CNC1(C2(Cc3cccc(Cl)c3)C(=O)Nc3cc(Cl)ccc32)CCCC1)NC1CCCC1. The fraction of sp³-hybridized carbons (Fsp3) is 0.481. The zero-order chi connectivity index (χ0) is 23.8. The van der Waals surface area contributed by atoms with Crippen molar-refractivity contribution in [1.82, 2.24) is 10.6 Å². The summed E-state index contributed by atoms with van der Waals surface area (Å²) in [4.78, 5) is 26.8. The minimum Gasteiger partial charge on any atom is -0.352 e. The van der Waals surface area contributed by atoms with Gasteiger partial charge in [-0.25, -0.2) is 0 Å². The molecule has 1 unspecified atom stereocenters. The van der Waals surface area contributed by atoms with Crippen molar-refractivity contribution in [2.75, 3.05) is 11.9 Å². The summed E-state index contributed by atoms with van der Waals surface area (Å²) < 4.78 is 0. The fourth-order valence-electron chi connectivity index (χ4n) is 6.45. The number of benzene rings is 2. The lowest BCUT2D eigenvalue weighted by Crippen LogP contribution is -2.64. The van der Waals surface area contributed by atoms with E-state index in [1.54, 1.807) is 0 Å². The van der Waals surface area contributed by atoms with E-state index < -0.39 is 11.0 Å². The summed E-state index contributed by atoms with van der Waals surface area (Å²) in [7, 11) is 0. The van der Waals surface area contributed by atoms with Gasteiger partial charge in [-0.05, 0) is 67.5 Å². The summed E-state index contributed by atoms with van der Waals surface area (Å²) in [5, 5.41) is 11.2. The molecule has 3 N–H and O–H groups in total. The lowest BCUT2D eigenvalue weighted by atomic mass is 9.61. The Kier molecular flexibility index (Phi) is 6.62. The normalized spacial score (nSPS) is 23.6. The van der Waals surface area contributed by atoms with Crippen LogP contribution in [0.2, 0.25) is 10.0 Å². The van der Waals surface area contributed by atoms with Gasteiger partial charge in [0.25, 0.3) is 0 Å². The first-order valence-corrected chi connectivity index (χ1v) is 13.1. The van der Waals surface area contributed by atoms with Crippen molar-refractivity contribution >= 4 is 40.7 Å². The predicted molar refractivity (Wildman–Crippen MR) is 137 cm³/mol. The highest BCUT2D eigenvalue weighted by molar-refractivity contribution is 6.31. The smallest absolute Gasteiger partial charge is 0.237 e. The van der Waals surface area contributed by atoms with E-state index in [0.29, 0.717) is 16.5 Å². The van der Waals surface area contributed by atoms with Gasteiger partial charge >= 0.3 is 0 Å². The van der Waals surface area contributed by atoms with Crippen LogP contribution in [0, 0.1) is 0 Å². The Morgan fingerprint density at radius 1 is 1.00 bits per heavy atom. The molecule has 0 radical (unpaired) electrons. The first-order chi connectivity index (χ1) is 16.4. The fourth-order valence-corrected chi connectivity index (χ4v) is 6.83. The molecule has 0 bridgehead atoms. The van der Waals surface area contributed by atoms with Crippen molar-refractivity contribution in [1.29, 1.82) is 0 Å². The second kappa shape index (κ2) is 9.52. The number of nitrogens with one attached hydrogen (secondary N) is 3. The van der Waals surface area contributed by atoms with Gasteiger partial charge in [0.2, 0.25) is 11.8 Å². The Hall–Kier alpha value is -2.08. The van der Waals surface area contributed by atoms with Crippen LogP contribution in [0.15, 0.2) is 42.5 Å². The molecule has 180 valence electrons. The van der Waals surface area contributed by atoms with Gasteiger partial charge in [-0.2, -0.15) is 0 Å². The van der Waals surface area contributed by atoms with Crippen molar-refractivity contribution in [3.63, 3.8) is 0 Å². The van der Waals surface area contributed by atoms with Gasteiger partial charge in [0.1, 0.15) is 0 Å². The molecular formula is C27H31Cl2N3O2. The average molecular weight is 500 g/mol. The summed E-state index contributed by atoms with van der Waals surface area (Å²) in [6.07, 6.45) is 8.58. The van der Waals surface area contributed by atoms with E-state index in [0.717, 1.165) is 55.3 Å². The highest BCUT2D eigenvalue weighted by atomic mass is 35.5. The van der Waals surface area contributed by atoms with Gasteiger partial charge in [0.05, 0.1) is 12.0 Å². The molecule has 2 aromatic rings. The van der Waals surface area contributed by atoms with Crippen LogP contribution in [0.4, 0.5) is 5.69 Å². The summed E-state index contributed by atoms with van der Waals surface area (Å²) in [6.45, 7) is 0.198. The monoisotopic (exact) mass is 499 g/mol. The van der Waals surface area contributed by atoms with Crippen LogP contribution in [-0.4, -0.2) is 29.9 Å². The average Bonchev–Trinajstić information content (AvgIpc) is 3.54. The maximum Gasteiger partial charge on any atom is 0.237 e. The predicted octanol–water partition coefficient (Wildman–Crippen LogP) is 5.39. The van der Waals surface area contributed by atoms with Crippen molar-refractivity contribution in [3.8, 4) is 0 Å². The molecule has 5 rings (SSSR count). The van der Waals surface area contributed by atoms with E-state index in [2.05, 4.69) is 16.0 Å². The van der Waals surface area contributed by atoms with Crippen LogP contribution in [0.1, 0.15) is 62.5 Å². The molecule has 3 aliphatic rings. The van der Waals surface area contributed by atoms with E-state index >= 15 is 0 Å². The molecule has 2 aliphatic carbocycles. The van der Waals surface area contributed by atoms with Gasteiger partial charge in [0.15, 0.2) is 0 Å². The Balaban J connectivity index is 1.53. The maximum absolute atomic E-state index is 13.9. The summed E-state index contributed by atoms with van der Waals surface area (Å²) in [6, 6.07) is 13.6. The Bertz CT molecular complexity index is 1090. The van der Waals surface area contributed by atoms with E-state index in [9.17, 15) is 9.59 Å². The number of hydrogen-bond donors (Lipinski definition) is 3. The number of carbonyl (C=O) groups excluding carboxylic acids is 2. The van der Waals surface area contributed by atoms with Crippen LogP contribution in [-0.2, 0) is 21.4 Å². The van der Waals surface area contributed by atoms with Crippen LogP contribution < -0.4 is 16.0 Å². The summed E-state index contributed by atoms with van der Waals surface area (Å²) in [5.41, 5.74) is 1.26. The highest BCUT2D eigenvalue weighted by Gasteiger charge is 2.61. The zero-order valence-corrected chi connectivity index (χ0v) is 20.8. The Morgan fingerprint density at radius 3 is 2.47 bits per heavy atom. The quantitative estimate of drug-likeness (QED) is 0.478. The molecule has 2 amide bonds. The highest BCUT2D eigenvalue weighted by Crippen LogP contribution is 2.53. The molecule has 34 heavy (non-hydrogen) atoms. The number of anilines is 1. The number of rotatable bonds is 7. The first kappa shape index (κ1) is 23.7. The molecule has 7 heteroatoms. The van der Waals surface area contributed by atoms with Gasteiger partial charge in [-0.15, -0.1) is 0 Å². The molecule has 0 saturated heterocycles. The first-order valence-electron chi connectivity index (χ1n) is 12.3. The van der Waals surface area contributed by atoms with E-state index in [1.807, 2.05) is 42.5 Å². The molecule has 2 aromatic carbocycles. The number of halogens is 2. The van der Waals surface area contributed by atoms with Crippen LogP contribution >= 0.6 is 23.2 Å². The van der Waals surface area contributed by atoms with Crippen molar-refractivity contribution in [2.24, 2.45) is 0 Å². The molecule has 1 heterocycles. The van der Waals surface area contributed by atoms with Crippen molar-refractivity contribution in [3.05, 3.63) is 63.6 Å². The molecule has 5 nitrogen and oxygen atoms in total. The number of amides is 2.